The first-order valence-corrected chi connectivity index (χ1v) is 4.99. The van der Waals surface area contributed by atoms with Crippen LogP contribution in [0.15, 0.2) is 0 Å². The van der Waals surface area contributed by atoms with Gasteiger partial charge >= 0.3 is 0 Å². The Morgan fingerprint density at radius 3 is 1.93 bits per heavy atom. The second-order valence-electron chi connectivity index (χ2n) is 3.36. The van der Waals surface area contributed by atoms with E-state index in [-0.39, 0.29) is 6.10 Å². The maximum absolute atomic E-state index is 9.18. The number of likely N-dealkylation sites (tertiary alicyclic amines) is 1. The molecule has 0 aromatic carbocycles. The Morgan fingerprint density at radius 2 is 1.64 bits per heavy atom. The van der Waals surface area contributed by atoms with Crippen LogP contribution in [0.4, 0.5) is 0 Å². The molecule has 0 amide bonds. The summed E-state index contributed by atoms with van der Waals surface area (Å²) in [5.74, 6) is 0. The van der Waals surface area contributed by atoms with Gasteiger partial charge in [0, 0.05) is 19.1 Å². The summed E-state index contributed by atoms with van der Waals surface area (Å²) >= 11 is 0. The summed E-state index contributed by atoms with van der Waals surface area (Å²) in [6.07, 6.45) is 1.88. The Labute approximate surface area is 87.1 Å². The molecule has 0 unspecified atom stereocenters. The van der Waals surface area contributed by atoms with Crippen LogP contribution in [-0.2, 0) is 4.79 Å². The number of hydrogen-bond donors (Lipinski definition) is 2. The number of hydrogen-bond acceptors (Lipinski definition) is 4. The van der Waals surface area contributed by atoms with Crippen molar-refractivity contribution in [2.45, 2.75) is 38.8 Å². The molecule has 0 aromatic heterocycles. The zero-order valence-electron chi connectivity index (χ0n) is 9.57. The zero-order chi connectivity index (χ0) is 11.6. The van der Waals surface area contributed by atoms with E-state index in [9.17, 15) is 5.11 Å². The highest BCUT2D eigenvalue weighted by atomic mass is 16.3. The quantitative estimate of drug-likeness (QED) is 0.642. The zero-order valence-corrected chi connectivity index (χ0v) is 9.57. The highest BCUT2D eigenvalue weighted by Gasteiger charge is 2.18. The van der Waals surface area contributed by atoms with Crippen molar-refractivity contribution in [1.82, 2.24) is 4.90 Å². The van der Waals surface area contributed by atoms with E-state index in [0.717, 1.165) is 25.9 Å². The van der Waals surface area contributed by atoms with Gasteiger partial charge in [-0.25, -0.2) is 0 Å². The minimum absolute atomic E-state index is 0.0324. The van der Waals surface area contributed by atoms with E-state index < -0.39 is 0 Å². The van der Waals surface area contributed by atoms with Crippen LogP contribution in [-0.4, -0.2) is 49.1 Å². The van der Waals surface area contributed by atoms with Crippen LogP contribution in [0.3, 0.4) is 0 Å². The number of piperidine rings is 1. The lowest BCUT2D eigenvalue weighted by atomic mass is 10.1. The number of aliphatic hydroxyl groups is 1. The lowest BCUT2D eigenvalue weighted by molar-refractivity contribution is -0.0979. The van der Waals surface area contributed by atoms with Crippen molar-refractivity contribution in [3.63, 3.8) is 0 Å². The fourth-order valence-corrected chi connectivity index (χ4v) is 1.40. The second kappa shape index (κ2) is 10.6. The third-order valence-electron chi connectivity index (χ3n) is 2.23. The minimum atomic E-state index is -0.0324. The minimum Gasteiger partial charge on any atom is -0.393 e. The smallest absolute Gasteiger partial charge is 0.106 e. The van der Waals surface area contributed by atoms with E-state index in [0.29, 0.717) is 6.04 Å². The van der Waals surface area contributed by atoms with Gasteiger partial charge in [0.05, 0.1) is 6.10 Å². The molecule has 0 bridgehead atoms. The van der Waals surface area contributed by atoms with Gasteiger partial charge in [-0.1, -0.05) is 0 Å². The van der Waals surface area contributed by atoms with Crippen molar-refractivity contribution in [1.29, 1.82) is 0 Å². The molecule has 1 aliphatic rings. The Morgan fingerprint density at radius 1 is 1.29 bits per heavy atom. The van der Waals surface area contributed by atoms with Crippen molar-refractivity contribution in [3.05, 3.63) is 0 Å². The number of nitrogens with two attached hydrogens (primary N) is 1. The van der Waals surface area contributed by atoms with Crippen LogP contribution < -0.4 is 5.73 Å². The summed E-state index contributed by atoms with van der Waals surface area (Å²) < 4.78 is 0. The fraction of sp³-hybridized carbons (Fsp3) is 0.900. The SMILES string of the molecule is C=O.CC(C)N1CCC(O)CC1.CN. The van der Waals surface area contributed by atoms with Gasteiger partial charge in [0.15, 0.2) is 0 Å². The van der Waals surface area contributed by atoms with Gasteiger partial charge in [0.25, 0.3) is 0 Å². The van der Waals surface area contributed by atoms with Crippen molar-refractivity contribution in [2.75, 3.05) is 20.1 Å². The standard InChI is InChI=1S/C8H17NO.CH5N.CH2O/c1-7(2)9-5-3-8(10)4-6-9;2*1-2/h7-8,10H,3-6H2,1-2H3;2H2,1H3;1H2. The highest BCUT2D eigenvalue weighted by Crippen LogP contribution is 2.11. The van der Waals surface area contributed by atoms with Gasteiger partial charge in [0.2, 0.25) is 0 Å². The first-order valence-electron chi connectivity index (χ1n) is 4.99. The number of aliphatic hydroxyl groups excluding tert-OH is 1. The first-order chi connectivity index (χ1) is 6.70. The largest absolute Gasteiger partial charge is 0.393 e. The van der Waals surface area contributed by atoms with Crippen LogP contribution in [0.1, 0.15) is 26.7 Å². The van der Waals surface area contributed by atoms with Gasteiger partial charge < -0.3 is 20.5 Å². The van der Waals surface area contributed by atoms with Crippen molar-refractivity contribution in [2.24, 2.45) is 5.73 Å². The van der Waals surface area contributed by atoms with Crippen molar-refractivity contribution in [3.8, 4) is 0 Å². The molecule has 0 aromatic rings. The van der Waals surface area contributed by atoms with Gasteiger partial charge in [-0.15, -0.1) is 0 Å². The monoisotopic (exact) mass is 204 g/mol. The molecule has 0 saturated carbocycles. The molecule has 0 aliphatic carbocycles. The van der Waals surface area contributed by atoms with Crippen LogP contribution in [0, 0.1) is 0 Å². The average molecular weight is 204 g/mol. The summed E-state index contributed by atoms with van der Waals surface area (Å²) in [7, 11) is 1.50. The summed E-state index contributed by atoms with van der Waals surface area (Å²) in [5, 5.41) is 9.18. The molecular weight excluding hydrogens is 180 g/mol. The van der Waals surface area contributed by atoms with E-state index >= 15 is 0 Å². The molecule has 1 saturated heterocycles. The van der Waals surface area contributed by atoms with E-state index in [1.807, 2.05) is 6.79 Å². The first kappa shape index (κ1) is 16.0. The van der Waals surface area contributed by atoms with Gasteiger partial charge in [0.1, 0.15) is 6.79 Å². The molecule has 4 heteroatoms. The molecule has 0 spiro atoms. The van der Waals surface area contributed by atoms with Crippen molar-refractivity contribution >= 4 is 6.79 Å². The van der Waals surface area contributed by atoms with Gasteiger partial charge in [-0.2, -0.15) is 0 Å². The Hall–Kier alpha value is -0.450. The van der Waals surface area contributed by atoms with Crippen LogP contribution in [0.25, 0.3) is 0 Å². The fourth-order valence-electron chi connectivity index (χ4n) is 1.40. The van der Waals surface area contributed by atoms with E-state index in [1.54, 1.807) is 0 Å². The van der Waals surface area contributed by atoms with Crippen molar-refractivity contribution < 1.29 is 9.90 Å². The molecule has 1 aliphatic heterocycles. The lowest BCUT2D eigenvalue weighted by Crippen LogP contribution is -2.39. The van der Waals surface area contributed by atoms with Crippen LogP contribution in [0.2, 0.25) is 0 Å². The topological polar surface area (TPSA) is 66.6 Å². The highest BCUT2D eigenvalue weighted by molar-refractivity contribution is 5.10. The molecule has 4 nitrogen and oxygen atoms in total. The maximum Gasteiger partial charge on any atom is 0.106 e. The lowest BCUT2D eigenvalue weighted by Gasteiger charge is -2.32. The predicted octanol–water partition coefficient (Wildman–Crippen LogP) is 0.242. The Kier molecular flexibility index (Phi) is 12.1. The number of carbonyl (C=O) groups is 1. The third kappa shape index (κ3) is 7.00. The number of nitrogens with zero attached hydrogens (tertiary/aromatic N) is 1. The molecule has 1 rings (SSSR count). The Balaban J connectivity index is 0. The molecule has 3 N–H and O–H groups in total. The van der Waals surface area contributed by atoms with E-state index in [2.05, 4.69) is 24.5 Å². The predicted molar refractivity (Wildman–Crippen MR) is 59.2 cm³/mol. The normalized spacial score (nSPS) is 17.9. The maximum atomic E-state index is 9.18. The van der Waals surface area contributed by atoms with E-state index in [1.165, 1.54) is 7.05 Å². The number of rotatable bonds is 1. The molecule has 0 radical (unpaired) electrons. The molecule has 86 valence electrons. The molecule has 1 fully saturated rings. The summed E-state index contributed by atoms with van der Waals surface area (Å²) in [4.78, 5) is 10.4. The number of carbonyl (C=O) groups excluding carboxylic acids is 1. The van der Waals surface area contributed by atoms with Crippen LogP contribution in [0.5, 0.6) is 0 Å². The van der Waals surface area contributed by atoms with Gasteiger partial charge in [-0.05, 0) is 33.7 Å². The third-order valence-corrected chi connectivity index (χ3v) is 2.23. The van der Waals surface area contributed by atoms with Gasteiger partial charge in [-0.3, -0.25) is 0 Å². The molecule has 0 atom stereocenters. The average Bonchev–Trinajstić information content (AvgIpc) is 2.24. The van der Waals surface area contributed by atoms with Crippen LogP contribution >= 0.6 is 0 Å². The summed E-state index contributed by atoms with van der Waals surface area (Å²) in [6.45, 7) is 8.55. The summed E-state index contributed by atoms with van der Waals surface area (Å²) in [6, 6.07) is 0.646. The summed E-state index contributed by atoms with van der Waals surface area (Å²) in [5.41, 5.74) is 4.50. The molecular formula is C10H24N2O2. The Bertz CT molecular complexity index is 113. The molecule has 1 heterocycles. The second-order valence-corrected chi connectivity index (χ2v) is 3.36. The van der Waals surface area contributed by atoms with E-state index in [4.69, 9.17) is 4.79 Å². The molecule has 14 heavy (non-hydrogen) atoms.